The van der Waals surface area contributed by atoms with Crippen LogP contribution in [0.15, 0.2) is 39.6 Å². The minimum atomic E-state index is -0.376. The highest BCUT2D eigenvalue weighted by Gasteiger charge is 2.21. The van der Waals surface area contributed by atoms with Gasteiger partial charge in [-0.1, -0.05) is 26.8 Å². The van der Waals surface area contributed by atoms with E-state index in [0.29, 0.717) is 11.0 Å². The van der Waals surface area contributed by atoms with E-state index in [4.69, 9.17) is 4.42 Å². The lowest BCUT2D eigenvalue weighted by molar-refractivity contribution is 0.0959. The number of fused-ring (bicyclic) bond motifs is 1. The number of hydrogen-bond acceptors (Lipinski definition) is 4. The van der Waals surface area contributed by atoms with Crippen LogP contribution in [0.5, 0.6) is 0 Å². The first kappa shape index (κ1) is 20.8. The molecule has 3 aromatic rings. The van der Waals surface area contributed by atoms with Gasteiger partial charge in [0.05, 0.1) is 5.39 Å². The number of anilines is 1. The highest BCUT2D eigenvalue weighted by molar-refractivity contribution is 7.98. The van der Waals surface area contributed by atoms with Gasteiger partial charge in [-0.25, -0.2) is 4.39 Å². The number of amides is 1. The van der Waals surface area contributed by atoms with Crippen molar-refractivity contribution in [3.63, 3.8) is 0 Å². The number of carbonyl (C=O) groups is 1. The number of rotatable bonds is 4. The van der Waals surface area contributed by atoms with E-state index in [0.717, 1.165) is 35.7 Å². The second kappa shape index (κ2) is 7.65. The first-order valence-electron chi connectivity index (χ1n) is 10.2. The van der Waals surface area contributed by atoms with Gasteiger partial charge in [0.15, 0.2) is 5.76 Å². The van der Waals surface area contributed by atoms with E-state index in [9.17, 15) is 9.18 Å². The van der Waals surface area contributed by atoms with Gasteiger partial charge in [0.1, 0.15) is 11.4 Å². The van der Waals surface area contributed by atoms with Crippen LogP contribution >= 0.6 is 11.9 Å². The summed E-state index contributed by atoms with van der Waals surface area (Å²) >= 11 is 1.27. The SMILES string of the molecule is Cc1cc(C(C)(C)C)cc(SNC(=O)c2cc3c(F)cc(N4CCC4)cc3o2)c1C. The van der Waals surface area contributed by atoms with E-state index in [1.54, 1.807) is 0 Å². The van der Waals surface area contributed by atoms with Crippen LogP contribution in [0.2, 0.25) is 0 Å². The molecular weight excluding hydrogens is 399 g/mol. The van der Waals surface area contributed by atoms with E-state index in [-0.39, 0.29) is 22.9 Å². The lowest BCUT2D eigenvalue weighted by atomic mass is 9.85. The Bertz CT molecular complexity index is 1130. The molecule has 0 spiro atoms. The predicted molar refractivity (Wildman–Crippen MR) is 121 cm³/mol. The van der Waals surface area contributed by atoms with Crippen molar-refractivity contribution in [2.45, 2.75) is 51.3 Å². The largest absolute Gasteiger partial charge is 0.451 e. The van der Waals surface area contributed by atoms with Crippen molar-refractivity contribution < 1.29 is 13.6 Å². The van der Waals surface area contributed by atoms with Crippen LogP contribution in [0.4, 0.5) is 10.1 Å². The van der Waals surface area contributed by atoms with E-state index in [1.807, 2.05) is 13.0 Å². The second-order valence-corrected chi connectivity index (χ2v) is 9.84. The summed E-state index contributed by atoms with van der Waals surface area (Å²) in [5.74, 6) is -0.632. The number of benzene rings is 2. The predicted octanol–water partition coefficient (Wildman–Crippen LogP) is 6.13. The summed E-state index contributed by atoms with van der Waals surface area (Å²) in [6, 6.07) is 9.10. The molecule has 158 valence electrons. The summed E-state index contributed by atoms with van der Waals surface area (Å²) in [7, 11) is 0. The van der Waals surface area contributed by atoms with Crippen LogP contribution < -0.4 is 9.62 Å². The van der Waals surface area contributed by atoms with Crippen molar-refractivity contribution >= 4 is 34.5 Å². The molecule has 0 bridgehead atoms. The fourth-order valence-corrected chi connectivity index (χ4v) is 4.27. The van der Waals surface area contributed by atoms with E-state index in [1.165, 1.54) is 35.2 Å². The average Bonchev–Trinajstić information content (AvgIpc) is 3.05. The van der Waals surface area contributed by atoms with Gasteiger partial charge in [0.25, 0.3) is 5.91 Å². The highest BCUT2D eigenvalue weighted by Crippen LogP contribution is 2.32. The Labute approximate surface area is 181 Å². The molecule has 2 heterocycles. The summed E-state index contributed by atoms with van der Waals surface area (Å²) in [5, 5.41) is 0.330. The van der Waals surface area contributed by atoms with Crippen molar-refractivity contribution in [3.05, 3.63) is 58.6 Å². The number of nitrogens with zero attached hydrogens (tertiary/aromatic N) is 1. The number of aryl methyl sites for hydroxylation is 1. The zero-order chi connectivity index (χ0) is 21.6. The minimum absolute atomic E-state index is 0.0161. The normalized spacial score (nSPS) is 14.1. The number of furan rings is 1. The number of nitrogens with one attached hydrogen (secondary N) is 1. The molecule has 1 aromatic heterocycles. The van der Waals surface area contributed by atoms with Gasteiger partial charge >= 0.3 is 0 Å². The van der Waals surface area contributed by atoms with Crippen molar-refractivity contribution in [2.24, 2.45) is 0 Å². The smallest absolute Gasteiger partial charge is 0.297 e. The molecule has 1 N–H and O–H groups in total. The highest BCUT2D eigenvalue weighted by atomic mass is 32.2. The Morgan fingerprint density at radius 2 is 1.87 bits per heavy atom. The van der Waals surface area contributed by atoms with Crippen molar-refractivity contribution in [1.29, 1.82) is 0 Å². The molecule has 4 nitrogen and oxygen atoms in total. The van der Waals surface area contributed by atoms with Crippen LogP contribution in [0.25, 0.3) is 11.0 Å². The molecule has 0 unspecified atom stereocenters. The van der Waals surface area contributed by atoms with Gasteiger partial charge in [0.2, 0.25) is 0 Å². The fourth-order valence-electron chi connectivity index (χ4n) is 3.47. The van der Waals surface area contributed by atoms with Crippen LogP contribution in [-0.2, 0) is 5.41 Å². The molecule has 0 radical (unpaired) electrons. The topological polar surface area (TPSA) is 45.5 Å². The zero-order valence-electron chi connectivity index (χ0n) is 18.1. The molecule has 6 heteroatoms. The maximum Gasteiger partial charge on any atom is 0.297 e. The first-order chi connectivity index (χ1) is 14.1. The maximum atomic E-state index is 14.5. The van der Waals surface area contributed by atoms with Gasteiger partial charge in [-0.05, 0) is 66.5 Å². The molecule has 4 rings (SSSR count). The maximum absolute atomic E-state index is 14.5. The van der Waals surface area contributed by atoms with Gasteiger partial charge in [-0.3, -0.25) is 9.52 Å². The van der Waals surface area contributed by atoms with Crippen molar-refractivity contribution in [3.8, 4) is 0 Å². The molecule has 1 aliphatic rings. The van der Waals surface area contributed by atoms with E-state index < -0.39 is 0 Å². The van der Waals surface area contributed by atoms with Crippen molar-refractivity contribution in [1.82, 2.24) is 4.72 Å². The summed E-state index contributed by atoms with van der Waals surface area (Å²) in [6.45, 7) is 12.5. The number of hydrogen-bond donors (Lipinski definition) is 1. The second-order valence-electron chi connectivity index (χ2n) is 8.99. The molecular formula is C24H27FN2O2S. The summed E-state index contributed by atoms with van der Waals surface area (Å²) in [6.07, 6.45) is 1.11. The number of carbonyl (C=O) groups excluding carboxylic acids is 1. The molecule has 1 fully saturated rings. The van der Waals surface area contributed by atoms with Gasteiger partial charge in [0, 0.05) is 35.8 Å². The van der Waals surface area contributed by atoms with E-state index >= 15 is 0 Å². The summed E-state index contributed by atoms with van der Waals surface area (Å²) in [4.78, 5) is 15.8. The fraction of sp³-hybridized carbons (Fsp3) is 0.375. The van der Waals surface area contributed by atoms with Crippen LogP contribution in [-0.4, -0.2) is 19.0 Å². The quantitative estimate of drug-likeness (QED) is 0.510. The Morgan fingerprint density at radius 1 is 1.13 bits per heavy atom. The van der Waals surface area contributed by atoms with Gasteiger partial charge in [-0.15, -0.1) is 0 Å². The third-order valence-corrected chi connectivity index (χ3v) is 6.69. The third-order valence-electron chi connectivity index (χ3n) is 5.76. The summed E-state index contributed by atoms with van der Waals surface area (Å²) < 4.78 is 23.1. The average molecular weight is 427 g/mol. The Kier molecular flexibility index (Phi) is 5.30. The minimum Gasteiger partial charge on any atom is -0.451 e. The van der Waals surface area contributed by atoms with Crippen LogP contribution in [0.3, 0.4) is 0 Å². The summed E-state index contributed by atoms with van der Waals surface area (Å²) in [5.41, 5.74) is 4.74. The third kappa shape index (κ3) is 3.93. The Hall–Kier alpha value is -2.47. The Balaban J connectivity index is 1.55. The molecule has 0 atom stereocenters. The molecule has 1 aliphatic heterocycles. The zero-order valence-corrected chi connectivity index (χ0v) is 18.9. The van der Waals surface area contributed by atoms with Crippen LogP contribution in [0.1, 0.15) is 54.4 Å². The van der Waals surface area contributed by atoms with E-state index in [2.05, 4.69) is 49.4 Å². The lowest BCUT2D eigenvalue weighted by Crippen LogP contribution is -2.36. The van der Waals surface area contributed by atoms with Gasteiger partial charge < -0.3 is 9.32 Å². The molecule has 1 amide bonds. The van der Waals surface area contributed by atoms with Gasteiger partial charge in [-0.2, -0.15) is 0 Å². The molecule has 1 saturated heterocycles. The van der Waals surface area contributed by atoms with Crippen molar-refractivity contribution in [2.75, 3.05) is 18.0 Å². The first-order valence-corrected chi connectivity index (χ1v) is 11.0. The molecule has 2 aromatic carbocycles. The Morgan fingerprint density at radius 3 is 2.50 bits per heavy atom. The molecule has 0 aliphatic carbocycles. The number of halogens is 1. The monoisotopic (exact) mass is 426 g/mol. The standard InChI is InChI=1S/C24H27FN2O2S/c1-14-9-16(24(3,4)5)10-22(15(14)2)30-26-23(28)21-13-18-19(25)11-17(12-20(18)29-21)27-7-6-8-27/h9-13H,6-8H2,1-5H3,(H,26,28). The molecule has 30 heavy (non-hydrogen) atoms. The van der Waals surface area contributed by atoms with Crippen LogP contribution in [0, 0.1) is 19.7 Å². The molecule has 0 saturated carbocycles. The lowest BCUT2D eigenvalue weighted by Gasteiger charge is -2.33.